The average Bonchev–Trinajstić information content (AvgIpc) is 3.63. The number of para-hydroxylation sites is 1. The first-order valence-corrected chi connectivity index (χ1v) is 18.4. The third-order valence-corrected chi connectivity index (χ3v) is 9.74. The minimum atomic E-state index is -1.07. The number of carbonyl (C=O) groups is 4. The second-order valence-corrected chi connectivity index (χ2v) is 14.5. The Balaban J connectivity index is 1.20. The number of ether oxygens (including phenoxy) is 2. The highest BCUT2D eigenvalue weighted by Crippen LogP contribution is 2.43. The molecular formula is C44H42FN3O7. The van der Waals surface area contributed by atoms with Crippen LogP contribution >= 0.6 is 0 Å². The molecule has 4 aromatic carbocycles. The van der Waals surface area contributed by atoms with E-state index in [0.29, 0.717) is 35.7 Å². The fourth-order valence-corrected chi connectivity index (χ4v) is 7.58. The van der Waals surface area contributed by atoms with Crippen molar-refractivity contribution in [3.05, 3.63) is 137 Å². The predicted molar refractivity (Wildman–Crippen MR) is 204 cm³/mol. The number of halogens is 1. The first-order valence-electron chi connectivity index (χ1n) is 18.4. The van der Waals surface area contributed by atoms with E-state index in [1.807, 2.05) is 74.5 Å². The van der Waals surface area contributed by atoms with Crippen molar-refractivity contribution in [2.45, 2.75) is 77.4 Å². The van der Waals surface area contributed by atoms with Gasteiger partial charge in [-0.05, 0) is 85.8 Å². The Morgan fingerprint density at radius 3 is 2.02 bits per heavy atom. The van der Waals surface area contributed by atoms with Crippen LogP contribution in [0.4, 0.5) is 10.1 Å². The van der Waals surface area contributed by atoms with Crippen LogP contribution < -0.4 is 5.32 Å². The molecule has 1 fully saturated rings. The molecule has 5 aromatic rings. The third-order valence-electron chi connectivity index (χ3n) is 9.74. The molecule has 55 heavy (non-hydrogen) atoms. The van der Waals surface area contributed by atoms with Crippen molar-refractivity contribution in [1.82, 2.24) is 9.63 Å². The first kappa shape index (κ1) is 37.4. The molecule has 282 valence electrons. The Bertz CT molecular complexity index is 2200. The smallest absolute Gasteiger partial charge is 0.335 e. The van der Waals surface area contributed by atoms with E-state index in [-0.39, 0.29) is 35.2 Å². The van der Waals surface area contributed by atoms with Gasteiger partial charge in [0.1, 0.15) is 5.82 Å². The van der Waals surface area contributed by atoms with Crippen molar-refractivity contribution < 1.29 is 37.9 Å². The Labute approximate surface area is 318 Å². The molecule has 11 heteroatoms. The second-order valence-electron chi connectivity index (χ2n) is 14.5. The minimum absolute atomic E-state index is 0.107. The van der Waals surface area contributed by atoms with Crippen molar-refractivity contribution in [2.75, 3.05) is 5.32 Å². The number of carbonyl (C=O) groups excluding carboxylic acids is 4. The number of anilines is 1. The van der Waals surface area contributed by atoms with E-state index in [2.05, 4.69) is 9.88 Å². The topological polar surface area (TPSA) is 116 Å². The van der Waals surface area contributed by atoms with Gasteiger partial charge in [-0.15, -0.1) is 0 Å². The Kier molecular flexibility index (Phi) is 10.5. The van der Waals surface area contributed by atoms with Gasteiger partial charge in [0, 0.05) is 29.9 Å². The number of hydrogen-bond acceptors (Lipinski definition) is 7. The van der Waals surface area contributed by atoms with Gasteiger partial charge in [-0.3, -0.25) is 14.4 Å². The lowest BCUT2D eigenvalue weighted by Crippen LogP contribution is -2.46. The molecule has 0 bridgehead atoms. The molecule has 1 saturated heterocycles. The molecule has 0 aliphatic carbocycles. The second kappa shape index (κ2) is 15.4. The molecule has 3 heterocycles. The summed E-state index contributed by atoms with van der Waals surface area (Å²) in [5.41, 5.74) is 5.39. The molecular weight excluding hydrogens is 701 g/mol. The maximum atomic E-state index is 14.4. The number of aromatic nitrogens is 1. The summed E-state index contributed by atoms with van der Waals surface area (Å²) in [4.78, 5) is 58.5. The van der Waals surface area contributed by atoms with Crippen LogP contribution in [0.25, 0.3) is 22.4 Å². The molecule has 7 rings (SSSR count). The number of amides is 3. The van der Waals surface area contributed by atoms with Crippen LogP contribution in [0, 0.1) is 5.82 Å². The van der Waals surface area contributed by atoms with Crippen LogP contribution in [0.3, 0.4) is 0 Å². The van der Waals surface area contributed by atoms with Gasteiger partial charge in [-0.1, -0.05) is 79.6 Å². The van der Waals surface area contributed by atoms with Gasteiger partial charge >= 0.3 is 5.97 Å². The van der Waals surface area contributed by atoms with Crippen molar-refractivity contribution in [3.63, 3.8) is 0 Å². The maximum absolute atomic E-state index is 14.4. The number of nitrogens with one attached hydrogen (secondary N) is 1. The number of nitrogens with zero attached hydrogens (tertiary/aromatic N) is 2. The van der Waals surface area contributed by atoms with E-state index in [0.717, 1.165) is 28.1 Å². The monoisotopic (exact) mass is 743 g/mol. The number of fused-ring (bicyclic) bond motifs is 1. The number of hydrogen-bond donors (Lipinski definition) is 1. The lowest BCUT2D eigenvalue weighted by Gasteiger charge is -2.40. The number of hydroxylamine groups is 2. The summed E-state index contributed by atoms with van der Waals surface area (Å²) in [5, 5.41) is 3.60. The normalized spacial score (nSPS) is 17.7. The summed E-state index contributed by atoms with van der Waals surface area (Å²) in [5.74, 6) is -4.01. The quantitative estimate of drug-likeness (QED) is 0.135. The lowest BCUT2D eigenvalue weighted by atomic mass is 9.94. The zero-order valence-electron chi connectivity index (χ0n) is 31.1. The number of imide groups is 1. The van der Waals surface area contributed by atoms with Crippen LogP contribution in [-0.4, -0.2) is 51.3 Å². The molecule has 1 N–H and O–H groups in total. The molecule has 1 aromatic heterocycles. The van der Waals surface area contributed by atoms with Crippen LogP contribution in [0.2, 0.25) is 0 Å². The molecule has 2 atom stereocenters. The zero-order valence-corrected chi connectivity index (χ0v) is 31.1. The number of benzene rings is 4. The Morgan fingerprint density at radius 1 is 0.818 bits per heavy atom. The van der Waals surface area contributed by atoms with E-state index < -0.39 is 35.8 Å². The molecule has 2 aliphatic rings. The summed E-state index contributed by atoms with van der Waals surface area (Å²) in [6.07, 6.45) is -0.480. The highest BCUT2D eigenvalue weighted by Gasteiger charge is 2.41. The summed E-state index contributed by atoms with van der Waals surface area (Å²) < 4.78 is 29.0. The van der Waals surface area contributed by atoms with Crippen LogP contribution in [0.15, 0.2) is 109 Å². The van der Waals surface area contributed by atoms with E-state index >= 15 is 0 Å². The van der Waals surface area contributed by atoms with E-state index in [1.165, 1.54) is 24.3 Å². The van der Waals surface area contributed by atoms with E-state index in [1.54, 1.807) is 38.1 Å². The fourth-order valence-electron chi connectivity index (χ4n) is 7.58. The molecule has 0 saturated carbocycles. The van der Waals surface area contributed by atoms with Crippen molar-refractivity contribution in [1.29, 1.82) is 0 Å². The summed E-state index contributed by atoms with van der Waals surface area (Å²) in [7, 11) is 0. The van der Waals surface area contributed by atoms with Crippen molar-refractivity contribution >= 4 is 29.4 Å². The lowest BCUT2D eigenvalue weighted by molar-refractivity contribution is -0.301. The minimum Gasteiger partial charge on any atom is -0.347 e. The van der Waals surface area contributed by atoms with Gasteiger partial charge in [-0.25, -0.2) is 9.18 Å². The summed E-state index contributed by atoms with van der Waals surface area (Å²) in [6, 6.07) is 31.5. The molecule has 10 nitrogen and oxygen atoms in total. The first-order chi connectivity index (χ1) is 26.4. The molecule has 0 radical (unpaired) electrons. The fraction of sp³-hybridized carbons (Fsp3) is 0.273. The van der Waals surface area contributed by atoms with Gasteiger partial charge in [0.25, 0.3) is 17.7 Å². The van der Waals surface area contributed by atoms with Crippen LogP contribution in [-0.2, 0) is 25.7 Å². The van der Waals surface area contributed by atoms with Gasteiger partial charge in [-0.2, -0.15) is 0 Å². The molecule has 3 amide bonds. The summed E-state index contributed by atoms with van der Waals surface area (Å²) in [6.45, 7) is 8.02. The molecule has 0 spiro atoms. The average molecular weight is 744 g/mol. The Hall–Kier alpha value is -5.91. The van der Waals surface area contributed by atoms with Gasteiger partial charge in [0.05, 0.1) is 41.0 Å². The number of rotatable bonds is 11. The maximum Gasteiger partial charge on any atom is 0.335 e. The van der Waals surface area contributed by atoms with Crippen LogP contribution in [0.5, 0.6) is 0 Å². The largest absolute Gasteiger partial charge is 0.347 e. The standard InChI is InChI=1S/C44H42FN3O7/c1-27(2)39-38(41(50)46-31-15-9-6-10-16-31)37(28-13-7-5-8-14-28)40(29-19-21-30(45)22-20-29)47(39)24-23-32-25-33(54-44(3,4)53-32)26-36(49)55-48-42(51)34-17-11-12-18-35(34)43(48)52/h5-22,27,32-33H,23-26H2,1-4H3,(H,46,50)/t32-,33-/m1/s1. The highest BCUT2D eigenvalue weighted by molar-refractivity contribution is 6.21. The van der Waals surface area contributed by atoms with Crippen molar-refractivity contribution in [3.8, 4) is 22.4 Å². The Morgan fingerprint density at radius 2 is 1.40 bits per heavy atom. The molecule has 0 unspecified atom stereocenters. The van der Waals surface area contributed by atoms with E-state index in [9.17, 15) is 23.6 Å². The van der Waals surface area contributed by atoms with Crippen LogP contribution in [0.1, 0.15) is 89.6 Å². The van der Waals surface area contributed by atoms with Crippen molar-refractivity contribution in [2.24, 2.45) is 0 Å². The van der Waals surface area contributed by atoms with Gasteiger partial charge in [0.2, 0.25) is 0 Å². The van der Waals surface area contributed by atoms with Gasteiger partial charge < -0.3 is 24.2 Å². The van der Waals surface area contributed by atoms with E-state index in [4.69, 9.17) is 14.3 Å². The van der Waals surface area contributed by atoms with Gasteiger partial charge in [0.15, 0.2) is 5.79 Å². The SMILES string of the molecule is CC(C)c1c(C(=O)Nc2ccccc2)c(-c2ccccc2)c(-c2ccc(F)cc2)n1CC[C@@H]1C[C@H](CC(=O)ON2C(=O)c3ccccc3C2=O)OC(C)(C)O1. The summed E-state index contributed by atoms with van der Waals surface area (Å²) >= 11 is 0. The highest BCUT2D eigenvalue weighted by atomic mass is 19.1. The predicted octanol–water partition coefficient (Wildman–Crippen LogP) is 8.78. The zero-order chi connectivity index (χ0) is 38.9. The third kappa shape index (κ3) is 7.85. The molecule has 2 aliphatic heterocycles.